The molecule has 1 atom stereocenters. The molecule has 0 amide bonds. The lowest BCUT2D eigenvalue weighted by molar-refractivity contribution is 0.244. The van der Waals surface area contributed by atoms with Crippen molar-refractivity contribution in [3.05, 3.63) is 71.5 Å². The Morgan fingerprint density at radius 1 is 0.950 bits per heavy atom. The molecule has 2 aromatic rings. The Kier molecular flexibility index (Phi) is 4.12. The van der Waals surface area contributed by atoms with Crippen LogP contribution >= 0.6 is 0 Å². The summed E-state index contributed by atoms with van der Waals surface area (Å²) in [4.78, 5) is 2.53. The summed E-state index contributed by atoms with van der Waals surface area (Å²) in [5.74, 6) is -0.156. The molecule has 0 radical (unpaired) electrons. The maximum absolute atomic E-state index is 13.0. The van der Waals surface area contributed by atoms with Gasteiger partial charge in [0, 0.05) is 12.6 Å². The van der Waals surface area contributed by atoms with Gasteiger partial charge in [-0.1, -0.05) is 42.5 Å². The number of benzene rings is 2. The Bertz CT molecular complexity index is 535. The maximum Gasteiger partial charge on any atom is 0.123 e. The monoisotopic (exact) mass is 269 g/mol. The van der Waals surface area contributed by atoms with Crippen LogP contribution in [0.4, 0.5) is 4.39 Å². The zero-order valence-electron chi connectivity index (χ0n) is 11.6. The molecule has 0 aliphatic carbocycles. The number of halogens is 1. The van der Waals surface area contributed by atoms with Gasteiger partial charge >= 0.3 is 0 Å². The molecular formula is C18H20FN. The van der Waals surface area contributed by atoms with Crippen molar-refractivity contribution in [1.82, 2.24) is 4.90 Å². The summed E-state index contributed by atoms with van der Waals surface area (Å²) < 4.78 is 13.0. The fourth-order valence-corrected chi connectivity index (χ4v) is 3.04. The van der Waals surface area contributed by atoms with E-state index in [-0.39, 0.29) is 5.82 Å². The van der Waals surface area contributed by atoms with Crippen molar-refractivity contribution in [3.8, 4) is 0 Å². The van der Waals surface area contributed by atoms with Gasteiger partial charge in [-0.3, -0.25) is 4.90 Å². The Morgan fingerprint density at radius 3 is 2.45 bits per heavy atom. The summed E-state index contributed by atoms with van der Waals surface area (Å²) in [6.45, 7) is 2.08. The van der Waals surface area contributed by atoms with Crippen LogP contribution < -0.4 is 0 Å². The van der Waals surface area contributed by atoms with E-state index in [1.807, 2.05) is 12.1 Å². The molecule has 3 rings (SSSR count). The van der Waals surface area contributed by atoms with Gasteiger partial charge in [0.15, 0.2) is 0 Å². The molecule has 20 heavy (non-hydrogen) atoms. The van der Waals surface area contributed by atoms with Gasteiger partial charge in [0.2, 0.25) is 0 Å². The Hall–Kier alpha value is -1.67. The first-order chi connectivity index (χ1) is 9.81. The molecule has 2 heteroatoms. The zero-order chi connectivity index (χ0) is 13.8. The van der Waals surface area contributed by atoms with E-state index in [2.05, 4.69) is 35.2 Å². The average molecular weight is 269 g/mol. The lowest BCUT2D eigenvalue weighted by Crippen LogP contribution is -2.30. The highest BCUT2D eigenvalue weighted by molar-refractivity contribution is 5.18. The SMILES string of the molecule is Fc1ccc(CN2CCCC2Cc2ccccc2)cc1. The molecule has 0 spiro atoms. The molecule has 1 fully saturated rings. The molecule has 104 valence electrons. The third-order valence-electron chi connectivity index (χ3n) is 4.11. The summed E-state index contributed by atoms with van der Waals surface area (Å²) >= 11 is 0. The van der Waals surface area contributed by atoms with Crippen molar-refractivity contribution in [2.45, 2.75) is 31.8 Å². The van der Waals surface area contributed by atoms with Gasteiger partial charge in [-0.25, -0.2) is 4.39 Å². The summed E-state index contributed by atoms with van der Waals surface area (Å²) in [7, 11) is 0. The van der Waals surface area contributed by atoms with Crippen molar-refractivity contribution >= 4 is 0 Å². The van der Waals surface area contributed by atoms with Gasteiger partial charge in [0.1, 0.15) is 5.82 Å². The predicted molar refractivity (Wildman–Crippen MR) is 80.0 cm³/mol. The van der Waals surface area contributed by atoms with E-state index in [1.165, 1.54) is 24.0 Å². The van der Waals surface area contributed by atoms with Crippen LogP contribution in [0.15, 0.2) is 54.6 Å². The quantitative estimate of drug-likeness (QED) is 0.810. The van der Waals surface area contributed by atoms with Crippen molar-refractivity contribution in [2.75, 3.05) is 6.54 Å². The molecule has 0 bridgehead atoms. The van der Waals surface area contributed by atoms with E-state index in [1.54, 1.807) is 12.1 Å². The van der Waals surface area contributed by atoms with Crippen LogP contribution in [0, 0.1) is 5.82 Å². The summed E-state index contributed by atoms with van der Waals surface area (Å²) in [5.41, 5.74) is 2.61. The van der Waals surface area contributed by atoms with Gasteiger partial charge in [-0.15, -0.1) is 0 Å². The van der Waals surface area contributed by atoms with Crippen LogP contribution in [0.5, 0.6) is 0 Å². The van der Waals surface area contributed by atoms with Gasteiger partial charge in [0.25, 0.3) is 0 Å². The Morgan fingerprint density at radius 2 is 1.70 bits per heavy atom. The first kappa shape index (κ1) is 13.3. The first-order valence-electron chi connectivity index (χ1n) is 7.34. The zero-order valence-corrected chi connectivity index (χ0v) is 11.6. The molecular weight excluding hydrogens is 249 g/mol. The number of rotatable bonds is 4. The van der Waals surface area contributed by atoms with Crippen LogP contribution in [-0.4, -0.2) is 17.5 Å². The maximum atomic E-state index is 13.0. The summed E-state index contributed by atoms with van der Waals surface area (Å²) in [6, 6.07) is 18.2. The van der Waals surface area contributed by atoms with Crippen molar-refractivity contribution in [1.29, 1.82) is 0 Å². The number of hydrogen-bond donors (Lipinski definition) is 0. The Labute approximate surface area is 120 Å². The van der Waals surface area contributed by atoms with E-state index >= 15 is 0 Å². The van der Waals surface area contributed by atoms with E-state index in [9.17, 15) is 4.39 Å². The highest BCUT2D eigenvalue weighted by Crippen LogP contribution is 2.23. The van der Waals surface area contributed by atoms with E-state index in [0.717, 1.165) is 19.5 Å². The predicted octanol–water partition coefficient (Wildman–Crippen LogP) is 4.03. The second kappa shape index (κ2) is 6.19. The largest absolute Gasteiger partial charge is 0.296 e. The molecule has 2 aromatic carbocycles. The first-order valence-corrected chi connectivity index (χ1v) is 7.34. The second-order valence-corrected chi connectivity index (χ2v) is 5.58. The molecule has 0 saturated carbocycles. The van der Waals surface area contributed by atoms with Gasteiger partial charge < -0.3 is 0 Å². The second-order valence-electron chi connectivity index (χ2n) is 5.58. The normalized spacial score (nSPS) is 19.4. The highest BCUT2D eigenvalue weighted by atomic mass is 19.1. The molecule has 1 nitrogen and oxygen atoms in total. The number of nitrogens with zero attached hydrogens (tertiary/aromatic N) is 1. The third-order valence-corrected chi connectivity index (χ3v) is 4.11. The average Bonchev–Trinajstić information content (AvgIpc) is 2.90. The van der Waals surface area contributed by atoms with Crippen LogP contribution in [0.1, 0.15) is 24.0 Å². The highest BCUT2D eigenvalue weighted by Gasteiger charge is 2.24. The molecule has 1 aliphatic heterocycles. The molecule has 1 aliphatic rings. The minimum absolute atomic E-state index is 0.156. The van der Waals surface area contributed by atoms with Gasteiger partial charge in [0.05, 0.1) is 0 Å². The fraction of sp³-hybridized carbons (Fsp3) is 0.333. The van der Waals surface area contributed by atoms with Crippen LogP contribution in [0.3, 0.4) is 0 Å². The smallest absolute Gasteiger partial charge is 0.123 e. The number of likely N-dealkylation sites (tertiary alicyclic amines) is 1. The van der Waals surface area contributed by atoms with Gasteiger partial charge in [-0.05, 0) is 49.1 Å². The van der Waals surface area contributed by atoms with Gasteiger partial charge in [-0.2, -0.15) is 0 Å². The number of hydrogen-bond acceptors (Lipinski definition) is 1. The van der Waals surface area contributed by atoms with Crippen molar-refractivity contribution in [3.63, 3.8) is 0 Å². The van der Waals surface area contributed by atoms with E-state index in [4.69, 9.17) is 0 Å². The minimum atomic E-state index is -0.156. The fourth-order valence-electron chi connectivity index (χ4n) is 3.04. The van der Waals surface area contributed by atoms with E-state index < -0.39 is 0 Å². The summed E-state index contributed by atoms with van der Waals surface area (Å²) in [5, 5.41) is 0. The minimum Gasteiger partial charge on any atom is -0.296 e. The topological polar surface area (TPSA) is 3.24 Å². The lowest BCUT2D eigenvalue weighted by Gasteiger charge is -2.24. The van der Waals surface area contributed by atoms with Crippen molar-refractivity contribution < 1.29 is 4.39 Å². The summed E-state index contributed by atoms with van der Waals surface area (Å²) in [6.07, 6.45) is 3.64. The standard InChI is InChI=1S/C18H20FN/c19-17-10-8-16(9-11-17)14-20-12-4-7-18(20)13-15-5-2-1-3-6-15/h1-3,5-6,8-11,18H,4,7,12-14H2. The Balaban J connectivity index is 1.65. The van der Waals surface area contributed by atoms with Crippen LogP contribution in [0.2, 0.25) is 0 Å². The molecule has 1 unspecified atom stereocenters. The van der Waals surface area contributed by atoms with Crippen molar-refractivity contribution in [2.24, 2.45) is 0 Å². The van der Waals surface area contributed by atoms with Crippen LogP contribution in [-0.2, 0) is 13.0 Å². The molecule has 0 N–H and O–H groups in total. The molecule has 1 saturated heterocycles. The third kappa shape index (κ3) is 3.26. The lowest BCUT2D eigenvalue weighted by atomic mass is 10.0. The van der Waals surface area contributed by atoms with E-state index in [0.29, 0.717) is 6.04 Å². The molecule has 1 heterocycles. The molecule has 0 aromatic heterocycles. The van der Waals surface area contributed by atoms with Crippen LogP contribution in [0.25, 0.3) is 0 Å².